The zero-order chi connectivity index (χ0) is 19.9. The van der Waals surface area contributed by atoms with E-state index >= 15 is 0 Å². The minimum Gasteiger partial charge on any atom is -0.341 e. The van der Waals surface area contributed by atoms with Gasteiger partial charge in [0.15, 0.2) is 0 Å². The van der Waals surface area contributed by atoms with Crippen molar-refractivity contribution in [3.8, 4) is 0 Å². The van der Waals surface area contributed by atoms with E-state index in [0.717, 1.165) is 31.6 Å². The standard InChI is InChI=1S/C21H27FN4O2/c1-2-19-23-11-13-25(19)15-21(28)26-12-5-6-16(14-26)9-10-20(27)24-18-8-4-3-7-17(18)22/h3-4,7-8,11,13,16H,2,5-6,9-10,12,14-15H2,1H3,(H,24,27)/t16-/m0/s1. The molecule has 0 unspecified atom stereocenters. The van der Waals surface area contributed by atoms with Crippen molar-refractivity contribution in [1.82, 2.24) is 14.5 Å². The summed E-state index contributed by atoms with van der Waals surface area (Å²) in [5, 5.41) is 2.62. The number of imidazole rings is 1. The van der Waals surface area contributed by atoms with E-state index in [1.807, 2.05) is 22.6 Å². The molecule has 3 rings (SSSR count). The van der Waals surface area contributed by atoms with E-state index in [0.29, 0.717) is 25.9 Å². The molecule has 28 heavy (non-hydrogen) atoms. The molecule has 0 saturated carbocycles. The third-order valence-electron chi connectivity index (χ3n) is 5.22. The van der Waals surface area contributed by atoms with Gasteiger partial charge in [0, 0.05) is 38.3 Å². The summed E-state index contributed by atoms with van der Waals surface area (Å²) in [4.78, 5) is 30.9. The Bertz CT molecular complexity index is 820. The van der Waals surface area contributed by atoms with Gasteiger partial charge in [0.1, 0.15) is 18.2 Å². The van der Waals surface area contributed by atoms with Crippen LogP contribution in [0.15, 0.2) is 36.7 Å². The lowest BCUT2D eigenvalue weighted by atomic mass is 9.93. The van der Waals surface area contributed by atoms with Crippen LogP contribution in [0.25, 0.3) is 0 Å². The fourth-order valence-corrected chi connectivity index (χ4v) is 3.68. The smallest absolute Gasteiger partial charge is 0.242 e. The quantitative estimate of drug-likeness (QED) is 0.794. The normalized spacial score (nSPS) is 16.8. The van der Waals surface area contributed by atoms with E-state index in [-0.39, 0.29) is 23.4 Å². The van der Waals surface area contributed by atoms with Crippen LogP contribution in [0, 0.1) is 11.7 Å². The van der Waals surface area contributed by atoms with Crippen molar-refractivity contribution in [2.75, 3.05) is 18.4 Å². The van der Waals surface area contributed by atoms with Crippen molar-refractivity contribution in [3.63, 3.8) is 0 Å². The highest BCUT2D eigenvalue weighted by atomic mass is 19.1. The number of para-hydroxylation sites is 1. The molecule has 7 heteroatoms. The van der Waals surface area contributed by atoms with Crippen molar-refractivity contribution in [3.05, 3.63) is 48.3 Å². The van der Waals surface area contributed by atoms with Crippen LogP contribution in [-0.2, 0) is 22.6 Å². The van der Waals surface area contributed by atoms with Gasteiger partial charge < -0.3 is 14.8 Å². The van der Waals surface area contributed by atoms with Crippen LogP contribution in [0.3, 0.4) is 0 Å². The first kappa shape index (κ1) is 20.0. The largest absolute Gasteiger partial charge is 0.341 e. The molecule has 0 bridgehead atoms. The molecule has 1 N–H and O–H groups in total. The van der Waals surface area contributed by atoms with Crippen LogP contribution >= 0.6 is 0 Å². The molecule has 6 nitrogen and oxygen atoms in total. The number of piperidine rings is 1. The number of benzene rings is 1. The highest BCUT2D eigenvalue weighted by Gasteiger charge is 2.24. The Labute approximate surface area is 164 Å². The van der Waals surface area contributed by atoms with Gasteiger partial charge in [0.05, 0.1) is 5.69 Å². The van der Waals surface area contributed by atoms with Gasteiger partial charge in [-0.3, -0.25) is 9.59 Å². The Hall–Kier alpha value is -2.70. The van der Waals surface area contributed by atoms with Gasteiger partial charge in [0.2, 0.25) is 11.8 Å². The summed E-state index contributed by atoms with van der Waals surface area (Å²) >= 11 is 0. The fourth-order valence-electron chi connectivity index (χ4n) is 3.68. The first-order valence-electron chi connectivity index (χ1n) is 9.89. The molecule has 1 fully saturated rings. The zero-order valence-electron chi connectivity index (χ0n) is 16.2. The second-order valence-corrected chi connectivity index (χ2v) is 7.24. The highest BCUT2D eigenvalue weighted by molar-refractivity contribution is 5.90. The van der Waals surface area contributed by atoms with Gasteiger partial charge in [0.25, 0.3) is 0 Å². The van der Waals surface area contributed by atoms with Crippen molar-refractivity contribution in [1.29, 1.82) is 0 Å². The van der Waals surface area contributed by atoms with Crippen molar-refractivity contribution >= 4 is 17.5 Å². The van der Waals surface area contributed by atoms with E-state index in [9.17, 15) is 14.0 Å². The molecule has 2 amide bonds. The number of carbonyl (C=O) groups excluding carboxylic acids is 2. The number of aryl methyl sites for hydroxylation is 1. The van der Waals surface area contributed by atoms with E-state index in [1.54, 1.807) is 24.4 Å². The Balaban J connectivity index is 1.47. The van der Waals surface area contributed by atoms with Gasteiger partial charge in [-0.15, -0.1) is 0 Å². The third kappa shape index (κ3) is 5.18. The van der Waals surface area contributed by atoms with Crippen molar-refractivity contribution in [2.45, 2.75) is 45.6 Å². The molecule has 1 atom stereocenters. The minimum absolute atomic E-state index is 0.0909. The molecule has 0 radical (unpaired) electrons. The molecule has 0 spiro atoms. The van der Waals surface area contributed by atoms with E-state index < -0.39 is 5.82 Å². The lowest BCUT2D eigenvalue weighted by molar-refractivity contribution is -0.133. The van der Waals surface area contributed by atoms with Gasteiger partial charge in [-0.05, 0) is 37.3 Å². The minimum atomic E-state index is -0.434. The number of hydrogen-bond donors (Lipinski definition) is 1. The van der Waals surface area contributed by atoms with Gasteiger partial charge in [-0.2, -0.15) is 0 Å². The van der Waals surface area contributed by atoms with Gasteiger partial charge in [-0.25, -0.2) is 9.37 Å². The van der Waals surface area contributed by atoms with Gasteiger partial charge >= 0.3 is 0 Å². The Morgan fingerprint density at radius 3 is 2.93 bits per heavy atom. The molecule has 1 aliphatic heterocycles. The number of halogens is 1. The van der Waals surface area contributed by atoms with Crippen LogP contribution in [0.5, 0.6) is 0 Å². The Morgan fingerprint density at radius 2 is 2.14 bits per heavy atom. The Morgan fingerprint density at radius 1 is 1.32 bits per heavy atom. The monoisotopic (exact) mass is 386 g/mol. The maximum atomic E-state index is 13.6. The number of anilines is 1. The van der Waals surface area contributed by atoms with E-state index in [2.05, 4.69) is 10.3 Å². The summed E-state index contributed by atoms with van der Waals surface area (Å²) in [6.07, 6.45) is 7.31. The number of rotatable bonds is 7. The molecule has 0 aliphatic carbocycles. The first-order valence-corrected chi connectivity index (χ1v) is 9.89. The van der Waals surface area contributed by atoms with Crippen LogP contribution in [0.4, 0.5) is 10.1 Å². The molecule has 2 heterocycles. The maximum absolute atomic E-state index is 13.6. The van der Waals surface area contributed by atoms with Gasteiger partial charge in [-0.1, -0.05) is 19.1 Å². The summed E-state index contributed by atoms with van der Waals surface area (Å²) in [6.45, 7) is 3.76. The number of aromatic nitrogens is 2. The lowest BCUT2D eigenvalue weighted by Crippen LogP contribution is -2.41. The zero-order valence-corrected chi connectivity index (χ0v) is 16.2. The predicted molar refractivity (Wildman–Crippen MR) is 105 cm³/mol. The summed E-state index contributed by atoms with van der Waals surface area (Å²) in [6, 6.07) is 6.15. The van der Waals surface area contributed by atoms with Crippen LogP contribution in [0.1, 0.15) is 38.4 Å². The van der Waals surface area contributed by atoms with Crippen LogP contribution in [0.2, 0.25) is 0 Å². The molecule has 1 aliphatic rings. The average Bonchev–Trinajstić information content (AvgIpc) is 3.15. The molecular weight excluding hydrogens is 359 g/mol. The third-order valence-corrected chi connectivity index (χ3v) is 5.22. The number of hydrogen-bond acceptors (Lipinski definition) is 3. The molecule has 150 valence electrons. The van der Waals surface area contributed by atoms with E-state index in [4.69, 9.17) is 0 Å². The average molecular weight is 386 g/mol. The summed E-state index contributed by atoms with van der Waals surface area (Å²) in [5.41, 5.74) is 0.208. The number of carbonyl (C=O) groups is 2. The van der Waals surface area contributed by atoms with Crippen LogP contribution < -0.4 is 5.32 Å². The summed E-state index contributed by atoms with van der Waals surface area (Å²) in [7, 11) is 0. The van der Waals surface area contributed by atoms with E-state index in [1.165, 1.54) is 6.07 Å². The lowest BCUT2D eigenvalue weighted by Gasteiger charge is -2.33. The highest BCUT2D eigenvalue weighted by Crippen LogP contribution is 2.22. The number of nitrogens with zero attached hydrogens (tertiary/aromatic N) is 3. The van der Waals surface area contributed by atoms with Crippen LogP contribution in [-0.4, -0.2) is 39.4 Å². The molecule has 1 aromatic heterocycles. The van der Waals surface area contributed by atoms with Crippen molar-refractivity contribution < 1.29 is 14.0 Å². The molecular formula is C21H27FN4O2. The second kappa shape index (κ2) is 9.48. The molecule has 1 aromatic carbocycles. The second-order valence-electron chi connectivity index (χ2n) is 7.24. The summed E-state index contributed by atoms with van der Waals surface area (Å²) in [5.74, 6) is 0.660. The number of nitrogens with one attached hydrogen (secondary N) is 1. The number of likely N-dealkylation sites (tertiary alicyclic amines) is 1. The fraction of sp³-hybridized carbons (Fsp3) is 0.476. The molecule has 2 aromatic rings. The maximum Gasteiger partial charge on any atom is 0.242 e. The topological polar surface area (TPSA) is 67.2 Å². The predicted octanol–water partition coefficient (Wildman–Crippen LogP) is 3.24. The molecule has 1 saturated heterocycles. The van der Waals surface area contributed by atoms with Crippen molar-refractivity contribution in [2.24, 2.45) is 5.92 Å². The first-order chi connectivity index (χ1) is 13.6. The number of amides is 2. The SMILES string of the molecule is CCc1nccn1CC(=O)N1CCC[C@@H](CCC(=O)Nc2ccccc2F)C1. The Kier molecular flexibility index (Phi) is 6.79. The summed E-state index contributed by atoms with van der Waals surface area (Å²) < 4.78 is 15.5.